The molecule has 0 fully saturated rings. The van der Waals surface area contributed by atoms with Gasteiger partial charge in [-0.15, -0.1) is 22.7 Å². The normalized spacial score (nSPS) is 10.2. The van der Waals surface area contributed by atoms with E-state index in [1.54, 1.807) is 18.5 Å². The number of aromatic nitrogens is 1. The lowest BCUT2D eigenvalue weighted by Gasteiger charge is -2.05. The molecule has 7 heteroatoms. The van der Waals surface area contributed by atoms with Crippen LogP contribution >= 0.6 is 22.7 Å². The lowest BCUT2D eigenvalue weighted by atomic mass is 10.3. The average molecular weight is 295 g/mol. The lowest BCUT2D eigenvalue weighted by Crippen LogP contribution is -2.34. The fraction of sp³-hybridized carbons (Fsp3) is 0.250. The molecule has 0 saturated heterocycles. The van der Waals surface area contributed by atoms with Crippen LogP contribution < -0.4 is 10.6 Å². The predicted octanol–water partition coefficient (Wildman–Crippen LogP) is 1.67. The third-order valence-electron chi connectivity index (χ3n) is 2.39. The van der Waals surface area contributed by atoms with Gasteiger partial charge in [0.15, 0.2) is 0 Å². The van der Waals surface area contributed by atoms with Crippen molar-refractivity contribution in [2.24, 2.45) is 0 Å². The van der Waals surface area contributed by atoms with Crippen LogP contribution in [-0.2, 0) is 0 Å². The van der Waals surface area contributed by atoms with Gasteiger partial charge in [0, 0.05) is 13.1 Å². The highest BCUT2D eigenvalue weighted by atomic mass is 32.1. The van der Waals surface area contributed by atoms with E-state index < -0.39 is 0 Å². The molecule has 0 spiro atoms. The van der Waals surface area contributed by atoms with Crippen molar-refractivity contribution in [2.45, 2.75) is 6.92 Å². The summed E-state index contributed by atoms with van der Waals surface area (Å²) in [6, 6.07) is 3.59. The minimum absolute atomic E-state index is 0.113. The monoisotopic (exact) mass is 295 g/mol. The van der Waals surface area contributed by atoms with Gasteiger partial charge in [-0.3, -0.25) is 9.59 Å². The van der Waals surface area contributed by atoms with E-state index in [-0.39, 0.29) is 11.8 Å². The van der Waals surface area contributed by atoms with Crippen LogP contribution in [0.25, 0.3) is 0 Å². The van der Waals surface area contributed by atoms with Gasteiger partial charge in [-0.25, -0.2) is 4.98 Å². The van der Waals surface area contributed by atoms with Crippen molar-refractivity contribution in [3.63, 3.8) is 0 Å². The lowest BCUT2D eigenvalue weighted by molar-refractivity contribution is 0.0931. The van der Waals surface area contributed by atoms with Gasteiger partial charge in [-0.2, -0.15) is 0 Å². The van der Waals surface area contributed by atoms with Crippen LogP contribution in [0.15, 0.2) is 23.0 Å². The highest BCUT2D eigenvalue weighted by Gasteiger charge is 2.11. The summed E-state index contributed by atoms with van der Waals surface area (Å²) in [4.78, 5) is 28.7. The van der Waals surface area contributed by atoms with Crippen molar-refractivity contribution in [3.05, 3.63) is 38.5 Å². The Kier molecular flexibility index (Phi) is 4.64. The van der Waals surface area contributed by atoms with Crippen LogP contribution in [0.4, 0.5) is 0 Å². The van der Waals surface area contributed by atoms with Crippen LogP contribution in [-0.4, -0.2) is 29.9 Å². The van der Waals surface area contributed by atoms with E-state index in [1.165, 1.54) is 22.7 Å². The zero-order valence-electron chi connectivity index (χ0n) is 10.3. The second-order valence-corrected chi connectivity index (χ2v) is 5.56. The topological polar surface area (TPSA) is 71.1 Å². The summed E-state index contributed by atoms with van der Waals surface area (Å²) in [7, 11) is 0. The van der Waals surface area contributed by atoms with Crippen LogP contribution in [0.1, 0.15) is 25.0 Å². The van der Waals surface area contributed by atoms with Crippen LogP contribution in [0.3, 0.4) is 0 Å². The van der Waals surface area contributed by atoms with Gasteiger partial charge < -0.3 is 10.6 Å². The maximum atomic E-state index is 11.7. The first-order chi connectivity index (χ1) is 9.18. The third kappa shape index (κ3) is 3.62. The van der Waals surface area contributed by atoms with E-state index in [9.17, 15) is 9.59 Å². The smallest absolute Gasteiger partial charge is 0.263 e. The van der Waals surface area contributed by atoms with Gasteiger partial charge >= 0.3 is 0 Å². The number of carbonyl (C=O) groups excluding carboxylic acids is 2. The summed E-state index contributed by atoms with van der Waals surface area (Å²) in [5, 5.41) is 7.34. The molecule has 2 rings (SSSR count). The molecule has 2 aromatic heterocycles. The Balaban J connectivity index is 1.71. The van der Waals surface area contributed by atoms with Gasteiger partial charge in [0.2, 0.25) is 0 Å². The number of rotatable bonds is 5. The van der Waals surface area contributed by atoms with Crippen molar-refractivity contribution < 1.29 is 9.59 Å². The first-order valence-corrected chi connectivity index (χ1v) is 7.44. The molecule has 0 saturated carbocycles. The van der Waals surface area contributed by atoms with Crippen LogP contribution in [0.5, 0.6) is 0 Å². The summed E-state index contributed by atoms with van der Waals surface area (Å²) in [5.41, 5.74) is 2.37. The molecule has 2 heterocycles. The molecule has 0 atom stereocenters. The van der Waals surface area contributed by atoms with Crippen LogP contribution in [0.2, 0.25) is 0 Å². The molecular weight excluding hydrogens is 282 g/mol. The highest BCUT2D eigenvalue weighted by molar-refractivity contribution is 7.12. The SMILES string of the molecule is Cc1ncsc1C(=O)NCCNC(=O)c1cccs1. The highest BCUT2D eigenvalue weighted by Crippen LogP contribution is 2.11. The largest absolute Gasteiger partial charge is 0.350 e. The minimum atomic E-state index is -0.148. The average Bonchev–Trinajstić information content (AvgIpc) is 3.04. The maximum absolute atomic E-state index is 11.7. The zero-order valence-corrected chi connectivity index (χ0v) is 11.9. The first kappa shape index (κ1) is 13.7. The molecular formula is C12H13N3O2S2. The molecule has 0 unspecified atom stereocenters. The summed E-state index contributed by atoms with van der Waals surface area (Å²) < 4.78 is 0. The van der Waals surface area contributed by atoms with E-state index >= 15 is 0 Å². The van der Waals surface area contributed by atoms with E-state index in [4.69, 9.17) is 0 Å². The number of nitrogens with zero attached hydrogens (tertiary/aromatic N) is 1. The molecule has 0 aliphatic heterocycles. The van der Waals surface area contributed by atoms with Gasteiger partial charge in [0.05, 0.1) is 16.1 Å². The van der Waals surface area contributed by atoms with Gasteiger partial charge in [-0.05, 0) is 18.4 Å². The van der Waals surface area contributed by atoms with Crippen molar-refractivity contribution in [3.8, 4) is 0 Å². The van der Waals surface area contributed by atoms with Crippen molar-refractivity contribution in [1.29, 1.82) is 0 Å². The maximum Gasteiger partial charge on any atom is 0.263 e. The van der Waals surface area contributed by atoms with E-state index in [0.29, 0.717) is 22.8 Å². The quantitative estimate of drug-likeness (QED) is 0.824. The Labute approximate surface area is 118 Å². The van der Waals surface area contributed by atoms with E-state index in [1.807, 2.05) is 11.4 Å². The number of thiazole rings is 1. The molecule has 0 bridgehead atoms. The Morgan fingerprint density at radius 3 is 2.53 bits per heavy atom. The Hall–Kier alpha value is -1.73. The molecule has 100 valence electrons. The molecule has 2 N–H and O–H groups in total. The third-order valence-corrected chi connectivity index (χ3v) is 4.19. The second kappa shape index (κ2) is 6.44. The fourth-order valence-electron chi connectivity index (χ4n) is 1.45. The number of thiophene rings is 1. The molecule has 0 aromatic carbocycles. The molecule has 2 aromatic rings. The van der Waals surface area contributed by atoms with E-state index in [0.717, 1.165) is 5.69 Å². The molecule has 0 aliphatic carbocycles. The Morgan fingerprint density at radius 1 is 1.21 bits per heavy atom. The number of hydrogen-bond donors (Lipinski definition) is 2. The summed E-state index contributed by atoms with van der Waals surface area (Å²) in [6.07, 6.45) is 0. The molecule has 0 aliphatic rings. The Bertz CT molecular complexity index is 563. The number of nitrogens with one attached hydrogen (secondary N) is 2. The Morgan fingerprint density at radius 2 is 1.95 bits per heavy atom. The molecule has 5 nitrogen and oxygen atoms in total. The van der Waals surface area contributed by atoms with Gasteiger partial charge in [-0.1, -0.05) is 6.07 Å². The molecule has 19 heavy (non-hydrogen) atoms. The molecule has 2 amide bonds. The van der Waals surface area contributed by atoms with Crippen molar-refractivity contribution in [2.75, 3.05) is 13.1 Å². The standard InChI is InChI=1S/C12H13N3O2S2/c1-8-10(19-7-15-8)12(17)14-5-4-13-11(16)9-3-2-6-18-9/h2-3,6-7H,4-5H2,1H3,(H,13,16)(H,14,17). The van der Waals surface area contributed by atoms with Crippen molar-refractivity contribution in [1.82, 2.24) is 15.6 Å². The fourth-order valence-corrected chi connectivity index (χ4v) is 2.81. The van der Waals surface area contributed by atoms with Crippen LogP contribution in [0, 0.1) is 6.92 Å². The summed E-state index contributed by atoms with van der Waals surface area (Å²) in [5.74, 6) is -0.261. The number of amides is 2. The minimum Gasteiger partial charge on any atom is -0.350 e. The van der Waals surface area contributed by atoms with Crippen molar-refractivity contribution >= 4 is 34.5 Å². The predicted molar refractivity (Wildman–Crippen MR) is 75.8 cm³/mol. The second-order valence-electron chi connectivity index (χ2n) is 3.76. The van der Waals surface area contributed by atoms with E-state index in [2.05, 4.69) is 15.6 Å². The summed E-state index contributed by atoms with van der Waals surface area (Å²) >= 11 is 2.70. The number of carbonyl (C=O) groups is 2. The molecule has 0 radical (unpaired) electrons. The first-order valence-electron chi connectivity index (χ1n) is 5.68. The van der Waals surface area contributed by atoms with Gasteiger partial charge in [0.25, 0.3) is 11.8 Å². The number of hydrogen-bond acceptors (Lipinski definition) is 5. The summed E-state index contributed by atoms with van der Waals surface area (Å²) in [6.45, 7) is 2.59. The number of aryl methyl sites for hydroxylation is 1. The zero-order chi connectivity index (χ0) is 13.7. The van der Waals surface area contributed by atoms with Gasteiger partial charge in [0.1, 0.15) is 4.88 Å².